The first-order chi connectivity index (χ1) is 6.05. The Hall–Kier alpha value is -0.530. The second-order valence-electron chi connectivity index (χ2n) is 4.93. The molecule has 1 rings (SSSR count). The molecular formula is C11H19O2. The van der Waals surface area contributed by atoms with E-state index in [2.05, 4.69) is 13.8 Å². The normalized spacial score (nSPS) is 29.3. The monoisotopic (exact) mass is 183 g/mol. The molecule has 0 spiro atoms. The second-order valence-corrected chi connectivity index (χ2v) is 4.93. The summed E-state index contributed by atoms with van der Waals surface area (Å²) in [7, 11) is 0. The summed E-state index contributed by atoms with van der Waals surface area (Å²) in [5, 5.41) is 0. The highest BCUT2D eigenvalue weighted by Gasteiger charge is 2.31. The van der Waals surface area contributed by atoms with Gasteiger partial charge >= 0.3 is 6.47 Å². The van der Waals surface area contributed by atoms with E-state index in [1.165, 1.54) is 19.3 Å². The predicted molar refractivity (Wildman–Crippen MR) is 52.0 cm³/mol. The van der Waals surface area contributed by atoms with Crippen LogP contribution in [0.25, 0.3) is 0 Å². The minimum atomic E-state index is 0.0390. The van der Waals surface area contributed by atoms with Crippen LogP contribution in [-0.2, 0) is 9.53 Å². The molecule has 0 N–H and O–H groups in total. The van der Waals surface area contributed by atoms with Crippen molar-refractivity contribution in [2.45, 2.75) is 52.6 Å². The summed E-state index contributed by atoms with van der Waals surface area (Å²) in [6, 6.07) is 0. The van der Waals surface area contributed by atoms with Crippen molar-refractivity contribution in [3.05, 3.63) is 0 Å². The highest BCUT2D eigenvalue weighted by atomic mass is 16.5. The molecule has 13 heavy (non-hydrogen) atoms. The summed E-state index contributed by atoms with van der Waals surface area (Å²) in [6.07, 6.45) is 4.94. The van der Waals surface area contributed by atoms with Gasteiger partial charge in [0.15, 0.2) is 0 Å². The summed E-state index contributed by atoms with van der Waals surface area (Å²) >= 11 is 0. The molecule has 2 heteroatoms. The maximum Gasteiger partial charge on any atom is 0.417 e. The molecule has 75 valence electrons. The zero-order valence-electron chi connectivity index (χ0n) is 8.80. The minimum Gasteiger partial charge on any atom is -0.454 e. The van der Waals surface area contributed by atoms with Crippen molar-refractivity contribution in [2.75, 3.05) is 0 Å². The van der Waals surface area contributed by atoms with Gasteiger partial charge in [-0.1, -0.05) is 20.3 Å². The van der Waals surface area contributed by atoms with Crippen LogP contribution in [0.15, 0.2) is 0 Å². The molecule has 2 atom stereocenters. The molecule has 0 bridgehead atoms. The first kappa shape index (κ1) is 10.6. The van der Waals surface area contributed by atoms with Gasteiger partial charge in [-0.3, -0.25) is 0 Å². The molecule has 1 aliphatic carbocycles. The Morgan fingerprint density at radius 2 is 2.23 bits per heavy atom. The van der Waals surface area contributed by atoms with E-state index in [0.717, 1.165) is 6.42 Å². The average Bonchev–Trinajstić information content (AvgIpc) is 2.03. The standard InChI is InChI=1S/C11H19O2/c1-9(13-8-12)10-5-4-6-11(2,3)7-10/h9-10H,4-7H2,1-3H3/t9-,10-/m1/s1. The summed E-state index contributed by atoms with van der Waals surface area (Å²) in [4.78, 5) is 10.1. The van der Waals surface area contributed by atoms with E-state index in [9.17, 15) is 4.79 Å². The lowest BCUT2D eigenvalue weighted by molar-refractivity contribution is 0.0645. The number of carbonyl (C=O) groups excluding carboxylic acids is 1. The molecule has 1 radical (unpaired) electrons. The Labute approximate surface area is 80.7 Å². The van der Waals surface area contributed by atoms with Crippen molar-refractivity contribution >= 4 is 6.47 Å². The molecule has 2 nitrogen and oxygen atoms in total. The summed E-state index contributed by atoms with van der Waals surface area (Å²) in [5.41, 5.74) is 0.420. The summed E-state index contributed by atoms with van der Waals surface area (Å²) in [6.45, 7) is 8.09. The summed E-state index contributed by atoms with van der Waals surface area (Å²) in [5.74, 6) is 0.533. The van der Waals surface area contributed by atoms with Gasteiger partial charge in [0.05, 0.1) is 0 Å². The largest absolute Gasteiger partial charge is 0.454 e. The Morgan fingerprint density at radius 1 is 1.54 bits per heavy atom. The molecular weight excluding hydrogens is 164 g/mol. The molecule has 0 heterocycles. The lowest BCUT2D eigenvalue weighted by atomic mass is 9.71. The van der Waals surface area contributed by atoms with Crippen molar-refractivity contribution < 1.29 is 9.53 Å². The van der Waals surface area contributed by atoms with Crippen molar-refractivity contribution in [3.8, 4) is 0 Å². The van der Waals surface area contributed by atoms with Gasteiger partial charge in [0.25, 0.3) is 0 Å². The fourth-order valence-corrected chi connectivity index (χ4v) is 2.33. The smallest absolute Gasteiger partial charge is 0.417 e. The van der Waals surface area contributed by atoms with E-state index in [1.54, 1.807) is 6.47 Å². The predicted octanol–water partition coefficient (Wildman–Crippen LogP) is 2.68. The SMILES string of the molecule is C[C@@H](O[C]=O)[C@@H]1CCCC(C)(C)C1. The van der Waals surface area contributed by atoms with Gasteiger partial charge in [0.1, 0.15) is 6.10 Å². The van der Waals surface area contributed by atoms with Gasteiger partial charge in [-0.2, -0.15) is 0 Å². The topological polar surface area (TPSA) is 26.3 Å². The zero-order chi connectivity index (χ0) is 9.90. The Balaban J connectivity index is 2.46. The lowest BCUT2D eigenvalue weighted by Crippen LogP contribution is -2.30. The van der Waals surface area contributed by atoms with Crippen molar-refractivity contribution in [1.29, 1.82) is 0 Å². The molecule has 0 aromatic rings. The maximum absolute atomic E-state index is 10.1. The van der Waals surface area contributed by atoms with E-state index >= 15 is 0 Å². The zero-order valence-corrected chi connectivity index (χ0v) is 8.80. The van der Waals surface area contributed by atoms with E-state index in [1.807, 2.05) is 6.92 Å². The molecule has 1 aliphatic rings. The Morgan fingerprint density at radius 3 is 2.77 bits per heavy atom. The van der Waals surface area contributed by atoms with Gasteiger partial charge in [-0.05, 0) is 37.5 Å². The van der Waals surface area contributed by atoms with Gasteiger partial charge < -0.3 is 4.74 Å². The molecule has 0 aromatic carbocycles. The van der Waals surface area contributed by atoms with Crippen LogP contribution in [-0.4, -0.2) is 12.6 Å². The number of rotatable bonds is 3. The van der Waals surface area contributed by atoms with Crippen LogP contribution < -0.4 is 0 Å². The highest BCUT2D eigenvalue weighted by molar-refractivity contribution is 5.38. The van der Waals surface area contributed by atoms with Crippen LogP contribution in [0.5, 0.6) is 0 Å². The number of hydrogen-bond donors (Lipinski definition) is 0. The Bertz CT molecular complexity index is 175. The van der Waals surface area contributed by atoms with E-state index in [0.29, 0.717) is 11.3 Å². The van der Waals surface area contributed by atoms with Crippen LogP contribution in [0.1, 0.15) is 46.5 Å². The van der Waals surface area contributed by atoms with Crippen molar-refractivity contribution in [3.63, 3.8) is 0 Å². The molecule has 0 unspecified atom stereocenters. The molecule has 1 fully saturated rings. The van der Waals surface area contributed by atoms with Crippen LogP contribution in [0.2, 0.25) is 0 Å². The number of ether oxygens (including phenoxy) is 1. The average molecular weight is 183 g/mol. The van der Waals surface area contributed by atoms with E-state index < -0.39 is 0 Å². The Kier molecular flexibility index (Phi) is 3.34. The van der Waals surface area contributed by atoms with Crippen LogP contribution >= 0.6 is 0 Å². The minimum absolute atomic E-state index is 0.0390. The van der Waals surface area contributed by atoms with Gasteiger partial charge in [-0.25, -0.2) is 4.79 Å². The van der Waals surface area contributed by atoms with E-state index in [4.69, 9.17) is 4.74 Å². The molecule has 0 saturated heterocycles. The van der Waals surface area contributed by atoms with Crippen molar-refractivity contribution in [1.82, 2.24) is 0 Å². The maximum atomic E-state index is 10.1. The van der Waals surface area contributed by atoms with Crippen molar-refractivity contribution in [2.24, 2.45) is 11.3 Å². The lowest BCUT2D eigenvalue weighted by Gasteiger charge is -2.37. The fraction of sp³-hybridized carbons (Fsp3) is 0.909. The first-order valence-electron chi connectivity index (χ1n) is 5.08. The fourth-order valence-electron chi connectivity index (χ4n) is 2.33. The third kappa shape index (κ3) is 3.02. The molecule has 1 saturated carbocycles. The summed E-state index contributed by atoms with van der Waals surface area (Å²) < 4.78 is 4.87. The molecule has 0 aliphatic heterocycles. The van der Waals surface area contributed by atoms with Crippen LogP contribution in [0, 0.1) is 11.3 Å². The van der Waals surface area contributed by atoms with Gasteiger partial charge in [-0.15, -0.1) is 0 Å². The van der Waals surface area contributed by atoms with Crippen LogP contribution in [0.3, 0.4) is 0 Å². The highest BCUT2D eigenvalue weighted by Crippen LogP contribution is 2.40. The number of hydrogen-bond acceptors (Lipinski definition) is 2. The quantitative estimate of drug-likeness (QED) is 0.672. The third-order valence-electron chi connectivity index (χ3n) is 3.14. The first-order valence-corrected chi connectivity index (χ1v) is 5.08. The van der Waals surface area contributed by atoms with Crippen LogP contribution in [0.4, 0.5) is 0 Å². The van der Waals surface area contributed by atoms with Gasteiger partial charge in [0.2, 0.25) is 0 Å². The third-order valence-corrected chi connectivity index (χ3v) is 3.14. The van der Waals surface area contributed by atoms with Gasteiger partial charge in [0, 0.05) is 0 Å². The van der Waals surface area contributed by atoms with E-state index in [-0.39, 0.29) is 6.10 Å². The second kappa shape index (κ2) is 4.12. The molecule has 0 amide bonds. The molecule has 0 aromatic heterocycles.